The summed E-state index contributed by atoms with van der Waals surface area (Å²) in [4.78, 5) is 22.1. The molecule has 4 heteroatoms. The fraction of sp³-hybridized carbons (Fsp3) is 0.357. The van der Waals surface area contributed by atoms with Gasteiger partial charge in [0.05, 0.1) is 12.1 Å². The van der Waals surface area contributed by atoms with Crippen LogP contribution in [0.15, 0.2) is 12.1 Å². The van der Waals surface area contributed by atoms with Crippen LogP contribution in [0.2, 0.25) is 0 Å². The first-order valence-corrected chi connectivity index (χ1v) is 6.69. The molecule has 0 aliphatic carbocycles. The number of aromatic nitrogens is 2. The number of hydrogen-bond acceptors (Lipinski definition) is 4. The van der Waals surface area contributed by atoms with Crippen LogP contribution < -0.4 is 0 Å². The molecule has 0 saturated heterocycles. The third-order valence-electron chi connectivity index (χ3n) is 2.91. The average molecular weight is 260 g/mol. The summed E-state index contributed by atoms with van der Waals surface area (Å²) in [5.41, 5.74) is 3.45. The van der Waals surface area contributed by atoms with Gasteiger partial charge in [0.1, 0.15) is 5.01 Å². The topological polar surface area (TPSA) is 42.9 Å². The first-order valence-electron chi connectivity index (χ1n) is 5.87. The summed E-state index contributed by atoms with van der Waals surface area (Å²) in [6.07, 6.45) is 0.366. The molecule has 0 aromatic carbocycles. The van der Waals surface area contributed by atoms with E-state index in [1.807, 2.05) is 39.8 Å². The van der Waals surface area contributed by atoms with Crippen molar-refractivity contribution in [3.05, 3.63) is 44.7 Å². The van der Waals surface area contributed by atoms with Gasteiger partial charge in [0.25, 0.3) is 0 Å². The molecule has 0 bridgehead atoms. The van der Waals surface area contributed by atoms with Crippen molar-refractivity contribution in [3.63, 3.8) is 0 Å². The van der Waals surface area contributed by atoms with Crippen LogP contribution in [0.4, 0.5) is 0 Å². The Bertz CT molecular complexity index is 582. The molecule has 2 aromatic heterocycles. The number of pyridine rings is 1. The van der Waals surface area contributed by atoms with Crippen molar-refractivity contribution in [1.29, 1.82) is 0 Å². The van der Waals surface area contributed by atoms with Gasteiger partial charge in [-0.3, -0.25) is 9.78 Å². The third kappa shape index (κ3) is 2.64. The summed E-state index contributed by atoms with van der Waals surface area (Å²) in [7, 11) is 0. The van der Waals surface area contributed by atoms with Crippen LogP contribution in [-0.4, -0.2) is 15.8 Å². The molecule has 2 aromatic rings. The Hall–Kier alpha value is -1.55. The predicted molar refractivity (Wildman–Crippen MR) is 73.3 cm³/mol. The molecule has 2 rings (SSSR count). The zero-order chi connectivity index (χ0) is 13.3. The molecule has 2 heterocycles. The van der Waals surface area contributed by atoms with Gasteiger partial charge in [0.15, 0.2) is 5.78 Å². The van der Waals surface area contributed by atoms with E-state index in [0.717, 1.165) is 22.1 Å². The highest BCUT2D eigenvalue weighted by atomic mass is 32.1. The molecule has 0 aliphatic rings. The zero-order valence-corrected chi connectivity index (χ0v) is 11.9. The number of hydrogen-bond donors (Lipinski definition) is 0. The van der Waals surface area contributed by atoms with Gasteiger partial charge in [0, 0.05) is 21.8 Å². The lowest BCUT2D eigenvalue weighted by Gasteiger charge is -2.03. The highest BCUT2D eigenvalue weighted by molar-refractivity contribution is 7.11. The minimum atomic E-state index is 0.0914. The largest absolute Gasteiger partial charge is 0.294 e. The molecule has 0 amide bonds. The molecule has 18 heavy (non-hydrogen) atoms. The van der Waals surface area contributed by atoms with Gasteiger partial charge in [-0.1, -0.05) is 0 Å². The number of nitrogens with zero attached hydrogens (tertiary/aromatic N) is 2. The molecule has 0 spiro atoms. The Labute approximate surface area is 111 Å². The van der Waals surface area contributed by atoms with Crippen molar-refractivity contribution < 1.29 is 4.79 Å². The van der Waals surface area contributed by atoms with Gasteiger partial charge in [-0.05, 0) is 39.8 Å². The van der Waals surface area contributed by atoms with Crippen molar-refractivity contribution in [2.45, 2.75) is 34.1 Å². The number of carbonyl (C=O) groups excluding carboxylic acids is 1. The molecule has 0 fully saturated rings. The average Bonchev–Trinajstić information content (AvgIpc) is 2.57. The van der Waals surface area contributed by atoms with E-state index in [1.54, 1.807) is 11.3 Å². The van der Waals surface area contributed by atoms with E-state index in [4.69, 9.17) is 0 Å². The van der Waals surface area contributed by atoms with Crippen molar-refractivity contribution in [2.75, 3.05) is 0 Å². The number of Topliss-reactive ketones (excluding diaryl/α,β-unsaturated/α-hetero) is 1. The summed E-state index contributed by atoms with van der Waals surface area (Å²) in [5, 5.41) is 0.884. The third-order valence-corrected chi connectivity index (χ3v) is 3.98. The number of rotatable bonds is 3. The van der Waals surface area contributed by atoms with Gasteiger partial charge >= 0.3 is 0 Å². The van der Waals surface area contributed by atoms with Crippen molar-refractivity contribution >= 4 is 17.1 Å². The molecule has 0 unspecified atom stereocenters. The highest BCUT2D eigenvalue weighted by Gasteiger charge is 2.13. The Morgan fingerprint density at radius 1 is 1.11 bits per heavy atom. The zero-order valence-electron chi connectivity index (χ0n) is 11.1. The van der Waals surface area contributed by atoms with Crippen molar-refractivity contribution in [3.8, 4) is 0 Å². The van der Waals surface area contributed by atoms with E-state index in [1.165, 1.54) is 4.88 Å². The van der Waals surface area contributed by atoms with Gasteiger partial charge in [0.2, 0.25) is 0 Å². The quantitative estimate of drug-likeness (QED) is 0.796. The van der Waals surface area contributed by atoms with Crippen LogP contribution in [0.3, 0.4) is 0 Å². The normalized spacial score (nSPS) is 10.7. The van der Waals surface area contributed by atoms with E-state index >= 15 is 0 Å². The number of carbonyl (C=O) groups is 1. The monoisotopic (exact) mass is 260 g/mol. The molecule has 0 atom stereocenters. The molecule has 94 valence electrons. The molecule has 0 saturated carbocycles. The number of ketones is 1. The minimum Gasteiger partial charge on any atom is -0.294 e. The highest BCUT2D eigenvalue weighted by Crippen LogP contribution is 2.19. The lowest BCUT2D eigenvalue weighted by atomic mass is 10.1. The van der Waals surface area contributed by atoms with Crippen LogP contribution in [0.5, 0.6) is 0 Å². The summed E-state index contributed by atoms with van der Waals surface area (Å²) < 4.78 is 0. The standard InChI is InChI=1S/C14H16N2OS/c1-8-5-6-12(10(3)15-8)13(17)7-14-16-9(2)11(4)18-14/h5-6H,7H2,1-4H3. The Morgan fingerprint density at radius 3 is 2.39 bits per heavy atom. The summed E-state index contributed by atoms with van der Waals surface area (Å²) in [6.45, 7) is 7.80. The van der Waals surface area contributed by atoms with Crippen LogP contribution in [0.1, 0.15) is 37.3 Å². The molecular formula is C14H16N2OS. The van der Waals surface area contributed by atoms with E-state index in [2.05, 4.69) is 9.97 Å². The van der Waals surface area contributed by atoms with Crippen LogP contribution in [0, 0.1) is 27.7 Å². The second-order valence-corrected chi connectivity index (χ2v) is 5.72. The molecular weight excluding hydrogens is 244 g/mol. The number of thiazole rings is 1. The lowest BCUT2D eigenvalue weighted by molar-refractivity contribution is 0.0992. The maximum Gasteiger partial charge on any atom is 0.171 e. The van der Waals surface area contributed by atoms with Gasteiger partial charge < -0.3 is 0 Å². The minimum absolute atomic E-state index is 0.0914. The maximum atomic E-state index is 12.2. The summed E-state index contributed by atoms with van der Waals surface area (Å²) in [5.74, 6) is 0.0914. The lowest BCUT2D eigenvalue weighted by Crippen LogP contribution is -2.07. The first kappa shape index (κ1) is 12.9. The van der Waals surface area contributed by atoms with E-state index in [9.17, 15) is 4.79 Å². The summed E-state index contributed by atoms with van der Waals surface area (Å²) in [6, 6.07) is 3.73. The van der Waals surface area contributed by atoms with E-state index < -0.39 is 0 Å². The van der Waals surface area contributed by atoms with Gasteiger partial charge in [-0.15, -0.1) is 11.3 Å². The molecule has 0 N–H and O–H groups in total. The first-order chi connectivity index (χ1) is 8.47. The van der Waals surface area contributed by atoms with Gasteiger partial charge in [-0.2, -0.15) is 0 Å². The summed E-state index contributed by atoms with van der Waals surface area (Å²) >= 11 is 1.59. The van der Waals surface area contributed by atoms with Crippen LogP contribution >= 0.6 is 11.3 Å². The number of aryl methyl sites for hydroxylation is 4. The Balaban J connectivity index is 2.22. The fourth-order valence-electron chi connectivity index (χ4n) is 1.83. The Kier molecular flexibility index (Phi) is 3.57. The Morgan fingerprint density at radius 2 is 1.83 bits per heavy atom. The second-order valence-electron chi connectivity index (χ2n) is 4.43. The predicted octanol–water partition coefficient (Wildman–Crippen LogP) is 3.20. The van der Waals surface area contributed by atoms with Crippen LogP contribution in [-0.2, 0) is 6.42 Å². The second kappa shape index (κ2) is 4.98. The SMILES string of the molecule is Cc1ccc(C(=O)Cc2nc(C)c(C)s2)c(C)n1. The maximum absolute atomic E-state index is 12.2. The van der Waals surface area contributed by atoms with Crippen molar-refractivity contribution in [2.24, 2.45) is 0 Å². The fourth-order valence-corrected chi connectivity index (χ4v) is 2.76. The van der Waals surface area contributed by atoms with Crippen LogP contribution in [0.25, 0.3) is 0 Å². The molecule has 0 radical (unpaired) electrons. The molecule has 0 aliphatic heterocycles. The van der Waals surface area contributed by atoms with E-state index in [0.29, 0.717) is 12.0 Å². The van der Waals surface area contributed by atoms with Gasteiger partial charge in [-0.25, -0.2) is 4.98 Å². The van der Waals surface area contributed by atoms with Crippen molar-refractivity contribution in [1.82, 2.24) is 9.97 Å². The van der Waals surface area contributed by atoms with E-state index in [-0.39, 0.29) is 5.78 Å². The molecule has 3 nitrogen and oxygen atoms in total. The smallest absolute Gasteiger partial charge is 0.171 e.